The Bertz CT molecular complexity index is 1350. The minimum Gasteiger partial charge on any atom is -0.468 e. The third-order valence-corrected chi connectivity index (χ3v) is 8.43. The van der Waals surface area contributed by atoms with Gasteiger partial charge in [-0.3, -0.25) is 9.36 Å². The second-order valence-electron chi connectivity index (χ2n) is 8.70. The Hall–Kier alpha value is -2.94. The molecule has 6 atom stereocenters. The number of ether oxygens (including phenoxy) is 2. The Kier molecular flexibility index (Phi) is 8.16. The number of hydrogen-bond donors (Lipinski definition) is 4. The van der Waals surface area contributed by atoms with Gasteiger partial charge in [0.15, 0.2) is 28.9 Å². The highest BCUT2D eigenvalue weighted by Gasteiger charge is 2.55. The Balaban J connectivity index is 1.57. The van der Waals surface area contributed by atoms with Gasteiger partial charge in [0.05, 0.1) is 20.0 Å². The molecule has 2 aromatic heterocycles. The molecular formula is C22H29FN7O6PS. The molecule has 0 aliphatic carbocycles. The zero-order chi connectivity index (χ0) is 27.7. The van der Waals surface area contributed by atoms with Crippen LogP contribution in [0, 0.1) is 0 Å². The summed E-state index contributed by atoms with van der Waals surface area (Å²) < 4.78 is 39.8. The highest BCUT2D eigenvalue weighted by molar-refractivity contribution is 8.09. The van der Waals surface area contributed by atoms with Crippen molar-refractivity contribution in [2.45, 2.75) is 44.0 Å². The van der Waals surface area contributed by atoms with Crippen molar-refractivity contribution >= 4 is 47.3 Å². The number of aliphatic hydroxyl groups excluding tert-OH is 1. The number of nitrogen functional groups attached to an aromatic ring is 1. The Morgan fingerprint density at radius 3 is 2.76 bits per heavy atom. The van der Waals surface area contributed by atoms with E-state index in [-0.39, 0.29) is 18.2 Å². The number of rotatable bonds is 10. The number of alkyl halides is 1. The van der Waals surface area contributed by atoms with Crippen LogP contribution in [0.1, 0.15) is 20.1 Å². The maximum atomic E-state index is 15.9. The van der Waals surface area contributed by atoms with Crippen LogP contribution in [-0.4, -0.2) is 75.3 Å². The number of imidazole rings is 1. The van der Waals surface area contributed by atoms with Crippen molar-refractivity contribution in [1.29, 1.82) is 0 Å². The fourth-order valence-corrected chi connectivity index (χ4v) is 6.40. The molecule has 1 fully saturated rings. The van der Waals surface area contributed by atoms with Gasteiger partial charge in [-0.1, -0.05) is 18.2 Å². The number of nitrogens with one attached hydrogen (secondary N) is 2. The van der Waals surface area contributed by atoms with Crippen LogP contribution in [-0.2, 0) is 30.6 Å². The molecule has 13 nitrogen and oxygen atoms in total. The first-order chi connectivity index (χ1) is 18.0. The molecule has 1 aromatic carbocycles. The molecule has 38 heavy (non-hydrogen) atoms. The molecular weight excluding hydrogens is 540 g/mol. The predicted molar refractivity (Wildman–Crippen MR) is 141 cm³/mol. The lowest BCUT2D eigenvalue weighted by atomic mass is 9.98. The molecule has 3 heterocycles. The van der Waals surface area contributed by atoms with E-state index in [0.717, 1.165) is 0 Å². The molecule has 0 radical (unpaired) electrons. The third kappa shape index (κ3) is 5.58. The van der Waals surface area contributed by atoms with Crippen LogP contribution in [0.5, 0.6) is 5.75 Å². The average Bonchev–Trinajstić information content (AvgIpc) is 3.39. The summed E-state index contributed by atoms with van der Waals surface area (Å²) in [6.07, 6.45) is -2.77. The fraction of sp³-hybridized carbons (Fsp3) is 0.455. The van der Waals surface area contributed by atoms with Crippen LogP contribution >= 0.6 is 6.64 Å². The smallest absolute Gasteiger partial charge is 0.323 e. The normalized spacial score (nSPS) is 25.6. The standard InChI is InChI=1S/C22H29FN7O6PS/c1-12(19(32)33-4)29-37(38,36-13-8-6-5-7-9-13)34-10-14-16(31)22(2,23)20(35-14)30-11-26-15-17(25-3)27-21(24)28-18(15)30/h5-9,11-12,14,16,20,31H,10H2,1-4H3,(H,29,38)(H3,24,25,27,28)/t12-,14+,16+,20+,22+,37?/m0/s1. The summed E-state index contributed by atoms with van der Waals surface area (Å²) in [4.78, 5) is 24.5. The van der Waals surface area contributed by atoms with E-state index in [0.29, 0.717) is 17.1 Å². The Morgan fingerprint density at radius 1 is 1.39 bits per heavy atom. The molecule has 3 aromatic rings. The molecule has 1 saturated heterocycles. The lowest BCUT2D eigenvalue weighted by Gasteiger charge is -2.27. The van der Waals surface area contributed by atoms with Crippen molar-refractivity contribution in [1.82, 2.24) is 24.6 Å². The maximum Gasteiger partial charge on any atom is 0.323 e. The maximum absolute atomic E-state index is 15.9. The number of benzene rings is 1. The van der Waals surface area contributed by atoms with E-state index in [1.54, 1.807) is 37.4 Å². The zero-order valence-corrected chi connectivity index (χ0v) is 22.8. The summed E-state index contributed by atoms with van der Waals surface area (Å²) in [6, 6.07) is 7.75. The summed E-state index contributed by atoms with van der Waals surface area (Å²) in [5.74, 6) is 0.119. The summed E-state index contributed by atoms with van der Waals surface area (Å²) in [5.41, 5.74) is 4.10. The van der Waals surface area contributed by atoms with Gasteiger partial charge in [0, 0.05) is 7.05 Å². The van der Waals surface area contributed by atoms with Crippen LogP contribution in [0.4, 0.5) is 16.2 Å². The van der Waals surface area contributed by atoms with Crippen LogP contribution < -0.4 is 20.7 Å². The van der Waals surface area contributed by atoms with Gasteiger partial charge in [-0.25, -0.2) is 14.5 Å². The van der Waals surface area contributed by atoms with E-state index in [2.05, 4.69) is 25.4 Å². The molecule has 1 unspecified atom stereocenters. The van der Waals surface area contributed by atoms with Gasteiger partial charge in [0.25, 0.3) is 0 Å². The number of esters is 1. The molecule has 0 bridgehead atoms. The predicted octanol–water partition coefficient (Wildman–Crippen LogP) is 1.91. The molecule has 4 rings (SSSR count). The number of methoxy groups -OCH3 is 1. The molecule has 0 spiro atoms. The summed E-state index contributed by atoms with van der Waals surface area (Å²) in [5, 5.41) is 16.6. The van der Waals surface area contributed by atoms with Crippen LogP contribution in [0.2, 0.25) is 0 Å². The minimum absolute atomic E-state index is 0.0489. The van der Waals surface area contributed by atoms with Gasteiger partial charge in [-0.05, 0) is 37.8 Å². The van der Waals surface area contributed by atoms with Crippen molar-refractivity contribution < 1.29 is 32.8 Å². The molecule has 1 aliphatic rings. The Labute approximate surface area is 223 Å². The van der Waals surface area contributed by atoms with Gasteiger partial charge in [-0.15, -0.1) is 0 Å². The largest absolute Gasteiger partial charge is 0.468 e. The third-order valence-electron chi connectivity index (χ3n) is 5.93. The van der Waals surface area contributed by atoms with Gasteiger partial charge < -0.3 is 34.7 Å². The van der Waals surface area contributed by atoms with Crippen molar-refractivity contribution in [3.63, 3.8) is 0 Å². The van der Waals surface area contributed by atoms with E-state index in [9.17, 15) is 9.90 Å². The number of fused-ring (bicyclic) bond motifs is 1. The summed E-state index contributed by atoms with van der Waals surface area (Å²) in [6.45, 7) is -1.03. The average molecular weight is 570 g/mol. The minimum atomic E-state index is -3.42. The number of halogens is 1. The van der Waals surface area contributed by atoms with Crippen LogP contribution in [0.3, 0.4) is 0 Å². The number of nitrogens with zero attached hydrogens (tertiary/aromatic N) is 4. The number of aliphatic hydroxyl groups is 1. The van der Waals surface area contributed by atoms with E-state index < -0.39 is 42.8 Å². The zero-order valence-electron chi connectivity index (χ0n) is 21.1. The van der Waals surface area contributed by atoms with E-state index in [1.165, 1.54) is 31.9 Å². The monoisotopic (exact) mass is 569 g/mol. The first kappa shape index (κ1) is 28.1. The van der Waals surface area contributed by atoms with Gasteiger partial charge in [-0.2, -0.15) is 9.97 Å². The van der Waals surface area contributed by atoms with E-state index in [1.807, 2.05) is 0 Å². The number of para-hydroxylation sites is 1. The van der Waals surface area contributed by atoms with Gasteiger partial charge in [0.2, 0.25) is 5.95 Å². The topological polar surface area (TPSA) is 168 Å². The van der Waals surface area contributed by atoms with Crippen molar-refractivity contribution in [3.8, 4) is 5.75 Å². The lowest BCUT2D eigenvalue weighted by molar-refractivity contribution is -0.142. The van der Waals surface area contributed by atoms with Gasteiger partial charge in [0.1, 0.15) is 24.0 Å². The number of hydrogen-bond acceptors (Lipinski definition) is 12. The summed E-state index contributed by atoms with van der Waals surface area (Å²) >= 11 is 5.64. The second kappa shape index (κ2) is 11.0. The number of aromatic nitrogens is 4. The molecule has 1 aliphatic heterocycles. The first-order valence-corrected chi connectivity index (χ1v) is 14.2. The molecule has 0 amide bonds. The van der Waals surface area contributed by atoms with E-state index >= 15 is 4.39 Å². The second-order valence-corrected chi connectivity index (χ2v) is 11.8. The van der Waals surface area contributed by atoms with Gasteiger partial charge >= 0.3 is 12.6 Å². The first-order valence-electron chi connectivity index (χ1n) is 11.5. The molecule has 5 N–H and O–H groups in total. The van der Waals surface area contributed by atoms with Crippen molar-refractivity contribution in [2.24, 2.45) is 0 Å². The molecule has 206 valence electrons. The molecule has 16 heteroatoms. The number of carbonyl (C=O) groups excluding carboxylic acids is 1. The number of carbonyl (C=O) groups is 1. The van der Waals surface area contributed by atoms with Crippen LogP contribution in [0.15, 0.2) is 36.7 Å². The number of anilines is 2. The lowest BCUT2D eigenvalue weighted by Crippen LogP contribution is -2.41. The van der Waals surface area contributed by atoms with Crippen LogP contribution in [0.25, 0.3) is 11.2 Å². The quantitative estimate of drug-likeness (QED) is 0.207. The number of nitrogens with two attached hydrogens (primary N) is 1. The van der Waals surface area contributed by atoms with E-state index in [4.69, 9.17) is 36.1 Å². The molecule has 0 saturated carbocycles. The Morgan fingerprint density at radius 2 is 2.11 bits per heavy atom. The SMILES string of the molecule is CNc1nc(N)nc2c1ncn2[C@@H]1O[C@H](COP(=S)(N[C@@H](C)C(=O)OC)Oc2ccccc2)[C@@H](O)[C@@]1(C)F. The highest BCUT2D eigenvalue weighted by Crippen LogP contribution is 2.48. The summed E-state index contributed by atoms with van der Waals surface area (Å²) in [7, 11) is 2.88. The highest BCUT2D eigenvalue weighted by atomic mass is 32.5. The fourth-order valence-electron chi connectivity index (χ4n) is 3.98. The van der Waals surface area contributed by atoms with Crippen molar-refractivity contribution in [3.05, 3.63) is 36.7 Å². The van der Waals surface area contributed by atoms with Crippen molar-refractivity contribution in [2.75, 3.05) is 31.8 Å².